The van der Waals surface area contributed by atoms with Crippen molar-refractivity contribution in [2.75, 3.05) is 6.54 Å². The summed E-state index contributed by atoms with van der Waals surface area (Å²) in [6, 6.07) is 7.72. The monoisotopic (exact) mass is 348 g/mol. The lowest BCUT2D eigenvalue weighted by atomic mass is 9.74. The molecule has 5 heteroatoms. The highest BCUT2D eigenvalue weighted by atomic mass is 16.6. The molecule has 1 aliphatic rings. The zero-order valence-corrected chi connectivity index (χ0v) is 16.0. The summed E-state index contributed by atoms with van der Waals surface area (Å²) < 4.78 is 5.52. The minimum Gasteiger partial charge on any atom is -0.460 e. The lowest BCUT2D eigenvalue weighted by Crippen LogP contribution is -2.65. The Hall–Kier alpha value is -1.43. The van der Waals surface area contributed by atoms with Crippen molar-refractivity contribution in [3.63, 3.8) is 0 Å². The van der Waals surface area contributed by atoms with Gasteiger partial charge >= 0.3 is 5.97 Å². The number of fused-ring (bicyclic) bond motifs is 1. The zero-order chi connectivity index (χ0) is 18.8. The van der Waals surface area contributed by atoms with Crippen LogP contribution < -0.4 is 11.1 Å². The Kier molecular flexibility index (Phi) is 5.92. The van der Waals surface area contributed by atoms with Gasteiger partial charge in [0.25, 0.3) is 0 Å². The van der Waals surface area contributed by atoms with Crippen molar-refractivity contribution >= 4 is 5.97 Å². The van der Waals surface area contributed by atoms with Crippen molar-refractivity contribution < 1.29 is 14.6 Å². The molecule has 0 radical (unpaired) electrons. The highest BCUT2D eigenvalue weighted by Crippen LogP contribution is 2.36. The van der Waals surface area contributed by atoms with E-state index < -0.39 is 29.3 Å². The lowest BCUT2D eigenvalue weighted by molar-refractivity contribution is -0.167. The molecule has 0 aliphatic heterocycles. The van der Waals surface area contributed by atoms with Crippen LogP contribution in [-0.2, 0) is 21.6 Å². The van der Waals surface area contributed by atoms with Crippen molar-refractivity contribution in [2.45, 2.75) is 64.8 Å². The molecule has 3 atom stereocenters. The maximum atomic E-state index is 12.6. The highest BCUT2D eigenvalue weighted by Gasteiger charge is 2.48. The summed E-state index contributed by atoms with van der Waals surface area (Å²) in [6.45, 7) is 10.4. The molecule has 0 aromatic heterocycles. The molecular formula is C20H32N2O3. The molecule has 0 bridgehead atoms. The summed E-state index contributed by atoms with van der Waals surface area (Å²) in [5, 5.41) is 14.3. The minimum atomic E-state index is -1.16. The Bertz CT molecular complexity index is 609. The van der Waals surface area contributed by atoms with Gasteiger partial charge in [-0.2, -0.15) is 0 Å². The number of carbonyl (C=O) groups is 1. The van der Waals surface area contributed by atoms with Crippen LogP contribution in [0.4, 0.5) is 0 Å². The van der Waals surface area contributed by atoms with Crippen LogP contribution in [0.5, 0.6) is 0 Å². The third kappa shape index (κ3) is 4.60. The molecule has 5 nitrogen and oxygen atoms in total. The number of rotatable bonds is 5. The number of carbonyl (C=O) groups excluding carboxylic acids is 1. The summed E-state index contributed by atoms with van der Waals surface area (Å²) in [7, 11) is 0. The van der Waals surface area contributed by atoms with E-state index in [2.05, 4.69) is 19.2 Å². The Balaban J connectivity index is 2.31. The molecule has 4 N–H and O–H groups in total. The van der Waals surface area contributed by atoms with Crippen molar-refractivity contribution in [3.8, 4) is 0 Å². The van der Waals surface area contributed by atoms with E-state index in [1.54, 1.807) is 0 Å². The van der Waals surface area contributed by atoms with Crippen LogP contribution in [0.2, 0.25) is 0 Å². The van der Waals surface area contributed by atoms with Gasteiger partial charge in [0.2, 0.25) is 0 Å². The molecule has 140 valence electrons. The average molecular weight is 348 g/mol. The molecule has 25 heavy (non-hydrogen) atoms. The van der Waals surface area contributed by atoms with Crippen molar-refractivity contribution in [3.05, 3.63) is 35.4 Å². The Labute approximate surface area is 150 Å². The van der Waals surface area contributed by atoms with E-state index in [0.29, 0.717) is 18.9 Å². The fourth-order valence-electron chi connectivity index (χ4n) is 3.28. The van der Waals surface area contributed by atoms with Crippen LogP contribution in [-0.4, -0.2) is 29.3 Å². The standard InChI is InChI=1S/C20H32N2O3/c1-13(2)10-11-22-20(21)16-9-7-6-8-14(16)12-15(17(20)23)18(24)25-19(3,4)5/h6-9,13,15,17,22-23H,10-12,21H2,1-5H3/t15-,17-,20+/m1/s1. The van der Waals surface area contributed by atoms with Gasteiger partial charge in [-0.15, -0.1) is 0 Å². The lowest BCUT2D eigenvalue weighted by Gasteiger charge is -2.44. The highest BCUT2D eigenvalue weighted by molar-refractivity contribution is 5.75. The first-order chi connectivity index (χ1) is 11.5. The Morgan fingerprint density at radius 2 is 2.04 bits per heavy atom. The molecular weight excluding hydrogens is 316 g/mol. The molecule has 1 aromatic rings. The third-order valence-electron chi connectivity index (χ3n) is 4.60. The zero-order valence-electron chi connectivity index (χ0n) is 16.0. The second-order valence-electron chi connectivity index (χ2n) is 8.42. The molecule has 0 saturated heterocycles. The SMILES string of the molecule is CC(C)CCN[C@@]1(N)c2ccccc2C[C@@H](C(=O)OC(C)(C)C)[C@H]1O. The molecule has 0 amide bonds. The molecule has 0 saturated carbocycles. The minimum absolute atomic E-state index is 0.407. The van der Waals surface area contributed by atoms with Gasteiger partial charge in [0.15, 0.2) is 0 Å². The van der Waals surface area contributed by atoms with E-state index in [1.807, 2.05) is 45.0 Å². The van der Waals surface area contributed by atoms with Gasteiger partial charge in [0.05, 0.1) is 5.92 Å². The second-order valence-corrected chi connectivity index (χ2v) is 8.42. The fraction of sp³-hybridized carbons (Fsp3) is 0.650. The van der Waals surface area contributed by atoms with E-state index in [1.165, 1.54) is 0 Å². The summed E-state index contributed by atoms with van der Waals surface area (Å²) >= 11 is 0. The van der Waals surface area contributed by atoms with Crippen molar-refractivity contribution in [1.82, 2.24) is 5.32 Å². The third-order valence-corrected chi connectivity index (χ3v) is 4.60. The smallest absolute Gasteiger partial charge is 0.312 e. The van der Waals surface area contributed by atoms with Crippen molar-refractivity contribution in [2.24, 2.45) is 17.6 Å². The normalized spacial score (nSPS) is 26.4. The topological polar surface area (TPSA) is 84.6 Å². The van der Waals surface area contributed by atoms with Crippen LogP contribution in [0.3, 0.4) is 0 Å². The van der Waals surface area contributed by atoms with Gasteiger partial charge in [-0.3, -0.25) is 10.1 Å². The number of aliphatic hydroxyl groups is 1. The van der Waals surface area contributed by atoms with Gasteiger partial charge in [0, 0.05) is 0 Å². The number of hydrogen-bond acceptors (Lipinski definition) is 5. The Morgan fingerprint density at radius 1 is 1.40 bits per heavy atom. The van der Waals surface area contributed by atoms with E-state index in [-0.39, 0.29) is 0 Å². The van der Waals surface area contributed by atoms with Crippen LogP contribution in [0.1, 0.15) is 52.2 Å². The van der Waals surface area contributed by atoms with E-state index in [0.717, 1.165) is 17.5 Å². The van der Waals surface area contributed by atoms with Gasteiger partial charge in [0.1, 0.15) is 17.4 Å². The Morgan fingerprint density at radius 3 is 2.64 bits per heavy atom. The molecule has 2 rings (SSSR count). The molecule has 1 aromatic carbocycles. The molecule has 0 fully saturated rings. The van der Waals surface area contributed by atoms with Crippen LogP contribution in [0.15, 0.2) is 24.3 Å². The molecule has 0 unspecified atom stereocenters. The molecule has 0 heterocycles. The van der Waals surface area contributed by atoms with E-state index in [4.69, 9.17) is 10.5 Å². The molecule has 0 spiro atoms. The first-order valence-corrected chi connectivity index (χ1v) is 9.08. The summed E-state index contributed by atoms with van der Waals surface area (Å²) in [4.78, 5) is 12.6. The van der Waals surface area contributed by atoms with Crippen LogP contribution in [0.25, 0.3) is 0 Å². The maximum Gasteiger partial charge on any atom is 0.312 e. The number of nitrogens with two attached hydrogens (primary N) is 1. The maximum absolute atomic E-state index is 12.6. The van der Waals surface area contributed by atoms with Crippen LogP contribution in [0, 0.1) is 11.8 Å². The van der Waals surface area contributed by atoms with E-state index >= 15 is 0 Å². The largest absolute Gasteiger partial charge is 0.460 e. The molecule has 1 aliphatic carbocycles. The van der Waals surface area contributed by atoms with E-state index in [9.17, 15) is 9.90 Å². The number of benzene rings is 1. The van der Waals surface area contributed by atoms with Gasteiger partial charge < -0.3 is 15.6 Å². The second kappa shape index (κ2) is 7.44. The number of hydrogen-bond donors (Lipinski definition) is 3. The van der Waals surface area contributed by atoms with Gasteiger partial charge in [-0.1, -0.05) is 38.1 Å². The quantitative estimate of drug-likeness (QED) is 0.562. The first-order valence-electron chi connectivity index (χ1n) is 9.08. The summed E-state index contributed by atoms with van der Waals surface area (Å²) in [5.74, 6) is -0.575. The summed E-state index contributed by atoms with van der Waals surface area (Å²) in [6.07, 6.45) is 0.312. The number of aliphatic hydroxyl groups excluding tert-OH is 1. The van der Waals surface area contributed by atoms with Gasteiger partial charge in [-0.05, 0) is 57.2 Å². The average Bonchev–Trinajstić information content (AvgIpc) is 2.49. The van der Waals surface area contributed by atoms with Gasteiger partial charge in [-0.25, -0.2) is 0 Å². The first kappa shape index (κ1) is 19.9. The van der Waals surface area contributed by atoms with Crippen molar-refractivity contribution in [1.29, 1.82) is 0 Å². The summed E-state index contributed by atoms with van der Waals surface area (Å²) in [5.41, 5.74) is 6.69. The van der Waals surface area contributed by atoms with Crippen LogP contribution >= 0.6 is 0 Å². The predicted octanol–water partition coefficient (Wildman–Crippen LogP) is 2.31. The fourth-order valence-corrected chi connectivity index (χ4v) is 3.28. The number of esters is 1. The number of nitrogens with one attached hydrogen (secondary N) is 1. The predicted molar refractivity (Wildman–Crippen MR) is 98.8 cm³/mol. The number of ether oxygens (including phenoxy) is 1.